The van der Waals surface area contributed by atoms with E-state index < -0.39 is 12.0 Å². The highest BCUT2D eigenvalue weighted by molar-refractivity contribution is 6.35. The third-order valence-corrected chi connectivity index (χ3v) is 3.31. The van der Waals surface area contributed by atoms with Crippen LogP contribution in [0, 0.1) is 0 Å². The maximum Gasteiger partial charge on any atom is 0.264 e. The first-order valence-electron chi connectivity index (χ1n) is 6.43. The Balaban J connectivity index is 2.83. The molecule has 1 aromatic carbocycles. The number of hydrogen-bond acceptors (Lipinski definition) is 3. The molecule has 21 heavy (non-hydrogen) atoms. The molecule has 7 heteroatoms. The van der Waals surface area contributed by atoms with Crippen molar-refractivity contribution in [1.29, 1.82) is 0 Å². The summed E-state index contributed by atoms with van der Waals surface area (Å²) in [4.78, 5) is 24.7. The molecule has 0 saturated heterocycles. The molecular weight excluding hydrogens is 315 g/mol. The van der Waals surface area contributed by atoms with Crippen molar-refractivity contribution in [2.45, 2.75) is 32.9 Å². The molecule has 1 atom stereocenters. The van der Waals surface area contributed by atoms with Crippen LogP contribution in [-0.4, -0.2) is 35.4 Å². The summed E-state index contributed by atoms with van der Waals surface area (Å²) in [7, 11) is 0. The number of nitrogens with two attached hydrogens (primary N) is 1. The van der Waals surface area contributed by atoms with Gasteiger partial charge in [-0.15, -0.1) is 0 Å². The van der Waals surface area contributed by atoms with E-state index in [2.05, 4.69) is 0 Å². The summed E-state index contributed by atoms with van der Waals surface area (Å²) < 4.78 is 5.54. The molecule has 2 N–H and O–H groups in total. The molecule has 0 aliphatic heterocycles. The fourth-order valence-corrected chi connectivity index (χ4v) is 2.18. The van der Waals surface area contributed by atoms with Gasteiger partial charge in [-0.3, -0.25) is 9.59 Å². The van der Waals surface area contributed by atoms with Crippen LogP contribution in [0.2, 0.25) is 10.0 Å². The number of nitrogens with zero attached hydrogens (tertiary/aromatic N) is 1. The second-order valence-electron chi connectivity index (χ2n) is 4.86. The summed E-state index contributed by atoms with van der Waals surface area (Å²) in [6, 6.07) is 4.56. The number of benzene rings is 1. The molecule has 116 valence electrons. The average Bonchev–Trinajstić information content (AvgIpc) is 2.37. The number of ether oxygens (including phenoxy) is 1. The van der Waals surface area contributed by atoms with Crippen LogP contribution in [0.4, 0.5) is 0 Å². The summed E-state index contributed by atoms with van der Waals surface area (Å²) >= 11 is 11.8. The normalized spacial score (nSPS) is 12.1. The Kier molecular flexibility index (Phi) is 6.30. The monoisotopic (exact) mass is 332 g/mol. The van der Waals surface area contributed by atoms with E-state index in [1.54, 1.807) is 32.9 Å². The summed E-state index contributed by atoms with van der Waals surface area (Å²) in [6.45, 7) is 5.02. The minimum Gasteiger partial charge on any atom is -0.479 e. The highest BCUT2D eigenvalue weighted by Crippen LogP contribution is 2.28. The number of halogens is 2. The molecule has 0 aromatic heterocycles. The van der Waals surface area contributed by atoms with Gasteiger partial charge < -0.3 is 15.4 Å². The van der Waals surface area contributed by atoms with Crippen LogP contribution in [0.5, 0.6) is 5.75 Å². The average molecular weight is 333 g/mol. The molecule has 1 aromatic rings. The van der Waals surface area contributed by atoms with Gasteiger partial charge in [0.05, 0.1) is 11.6 Å². The maximum atomic E-state index is 12.3. The van der Waals surface area contributed by atoms with Gasteiger partial charge in [-0.05, 0) is 39.0 Å². The third kappa shape index (κ3) is 5.10. The molecule has 1 rings (SSSR count). The van der Waals surface area contributed by atoms with Gasteiger partial charge in [0.15, 0.2) is 6.10 Å². The van der Waals surface area contributed by atoms with Gasteiger partial charge in [0.1, 0.15) is 5.75 Å². The Hall–Kier alpha value is -1.46. The van der Waals surface area contributed by atoms with Gasteiger partial charge >= 0.3 is 0 Å². The second kappa shape index (κ2) is 7.52. The SMILES string of the molecule is CC(Oc1ccc(Cl)cc1Cl)C(=O)N(CC(N)=O)C(C)C. The minimum atomic E-state index is -0.801. The van der Waals surface area contributed by atoms with E-state index in [1.165, 1.54) is 11.0 Å². The van der Waals surface area contributed by atoms with Crippen LogP contribution < -0.4 is 10.5 Å². The van der Waals surface area contributed by atoms with Crippen molar-refractivity contribution < 1.29 is 14.3 Å². The fraction of sp³-hybridized carbons (Fsp3) is 0.429. The van der Waals surface area contributed by atoms with E-state index in [-0.39, 0.29) is 18.5 Å². The van der Waals surface area contributed by atoms with Crippen LogP contribution >= 0.6 is 23.2 Å². The van der Waals surface area contributed by atoms with Crippen molar-refractivity contribution in [3.63, 3.8) is 0 Å². The summed E-state index contributed by atoms with van der Waals surface area (Å²) in [6.07, 6.45) is -0.801. The third-order valence-electron chi connectivity index (χ3n) is 2.78. The van der Waals surface area contributed by atoms with Gasteiger partial charge in [0.2, 0.25) is 5.91 Å². The molecule has 0 heterocycles. The van der Waals surface area contributed by atoms with Crippen molar-refractivity contribution >= 4 is 35.0 Å². The predicted octanol–water partition coefficient (Wildman–Crippen LogP) is 2.48. The molecule has 2 amide bonds. The number of primary amides is 1. The molecule has 1 unspecified atom stereocenters. The lowest BCUT2D eigenvalue weighted by molar-refractivity contribution is -0.142. The van der Waals surface area contributed by atoms with Crippen molar-refractivity contribution in [2.24, 2.45) is 5.73 Å². The summed E-state index contributed by atoms with van der Waals surface area (Å²) in [5.74, 6) is -0.562. The van der Waals surface area contributed by atoms with Crippen LogP contribution in [0.15, 0.2) is 18.2 Å². The number of carbonyl (C=O) groups excluding carboxylic acids is 2. The Morgan fingerprint density at radius 3 is 2.38 bits per heavy atom. The highest BCUT2D eigenvalue weighted by atomic mass is 35.5. The molecule has 5 nitrogen and oxygen atoms in total. The molecule has 0 saturated carbocycles. The maximum absolute atomic E-state index is 12.3. The topological polar surface area (TPSA) is 72.6 Å². The lowest BCUT2D eigenvalue weighted by Crippen LogP contribution is -2.48. The van der Waals surface area contributed by atoms with Crippen LogP contribution in [-0.2, 0) is 9.59 Å². The van der Waals surface area contributed by atoms with Gasteiger partial charge in [-0.1, -0.05) is 23.2 Å². The first-order chi connectivity index (χ1) is 9.72. The number of amides is 2. The summed E-state index contributed by atoms with van der Waals surface area (Å²) in [5, 5.41) is 0.789. The van der Waals surface area contributed by atoms with E-state index in [0.29, 0.717) is 15.8 Å². The van der Waals surface area contributed by atoms with Crippen LogP contribution in [0.1, 0.15) is 20.8 Å². The van der Waals surface area contributed by atoms with E-state index in [9.17, 15) is 9.59 Å². The largest absolute Gasteiger partial charge is 0.479 e. The molecule has 0 aliphatic carbocycles. The standard InChI is InChI=1S/C14H18Cl2N2O3/c1-8(2)18(7-13(17)19)14(20)9(3)21-12-5-4-10(15)6-11(12)16/h4-6,8-9H,7H2,1-3H3,(H2,17,19). The van der Waals surface area contributed by atoms with E-state index in [4.69, 9.17) is 33.7 Å². The van der Waals surface area contributed by atoms with E-state index in [0.717, 1.165) is 0 Å². The van der Waals surface area contributed by atoms with Crippen LogP contribution in [0.25, 0.3) is 0 Å². The Morgan fingerprint density at radius 2 is 1.90 bits per heavy atom. The molecule has 0 fully saturated rings. The van der Waals surface area contributed by atoms with Gasteiger partial charge in [0, 0.05) is 11.1 Å². The van der Waals surface area contributed by atoms with Crippen molar-refractivity contribution in [2.75, 3.05) is 6.54 Å². The first-order valence-corrected chi connectivity index (χ1v) is 7.18. The van der Waals surface area contributed by atoms with Crippen molar-refractivity contribution in [1.82, 2.24) is 4.90 Å². The lowest BCUT2D eigenvalue weighted by Gasteiger charge is -2.28. The zero-order chi connectivity index (χ0) is 16.2. The predicted molar refractivity (Wildman–Crippen MR) is 82.6 cm³/mol. The van der Waals surface area contributed by atoms with Crippen molar-refractivity contribution in [3.8, 4) is 5.75 Å². The van der Waals surface area contributed by atoms with E-state index in [1.807, 2.05) is 0 Å². The van der Waals surface area contributed by atoms with Gasteiger partial charge in [-0.25, -0.2) is 0 Å². The number of rotatable bonds is 6. The molecule has 0 spiro atoms. The molecule has 0 radical (unpaired) electrons. The smallest absolute Gasteiger partial charge is 0.264 e. The minimum absolute atomic E-state index is 0.154. The Labute approximate surface area is 133 Å². The number of hydrogen-bond donors (Lipinski definition) is 1. The Bertz CT molecular complexity index is 535. The quantitative estimate of drug-likeness (QED) is 0.869. The Morgan fingerprint density at radius 1 is 1.29 bits per heavy atom. The van der Waals surface area contributed by atoms with Gasteiger partial charge in [0.25, 0.3) is 5.91 Å². The van der Waals surface area contributed by atoms with Crippen molar-refractivity contribution in [3.05, 3.63) is 28.2 Å². The molecule has 0 aliphatic rings. The van der Waals surface area contributed by atoms with Crippen LogP contribution in [0.3, 0.4) is 0 Å². The highest BCUT2D eigenvalue weighted by Gasteiger charge is 2.26. The molecular formula is C14H18Cl2N2O3. The number of carbonyl (C=O) groups is 2. The summed E-state index contributed by atoms with van der Waals surface area (Å²) in [5.41, 5.74) is 5.15. The zero-order valence-corrected chi connectivity index (χ0v) is 13.6. The molecule has 0 bridgehead atoms. The van der Waals surface area contributed by atoms with E-state index >= 15 is 0 Å². The zero-order valence-electron chi connectivity index (χ0n) is 12.1. The lowest BCUT2D eigenvalue weighted by atomic mass is 10.2. The van der Waals surface area contributed by atoms with Gasteiger partial charge in [-0.2, -0.15) is 0 Å². The fourth-order valence-electron chi connectivity index (χ4n) is 1.73. The second-order valence-corrected chi connectivity index (χ2v) is 5.70. The first kappa shape index (κ1) is 17.6.